The van der Waals surface area contributed by atoms with Gasteiger partial charge >= 0.3 is 0 Å². The second-order valence-electron chi connectivity index (χ2n) is 8.93. The predicted octanol–water partition coefficient (Wildman–Crippen LogP) is 4.90. The molecule has 8 heteroatoms. The van der Waals surface area contributed by atoms with E-state index in [0.29, 0.717) is 24.5 Å². The van der Waals surface area contributed by atoms with Gasteiger partial charge in [0, 0.05) is 31.1 Å². The first-order chi connectivity index (χ1) is 16.0. The van der Waals surface area contributed by atoms with Crippen molar-refractivity contribution in [2.24, 2.45) is 11.8 Å². The third-order valence-electron chi connectivity index (χ3n) is 6.79. The van der Waals surface area contributed by atoms with Crippen molar-refractivity contribution in [1.29, 1.82) is 5.26 Å². The molecule has 1 aromatic carbocycles. The van der Waals surface area contributed by atoms with E-state index in [9.17, 15) is 13.6 Å². The maximum atomic E-state index is 13.9. The molecule has 1 saturated carbocycles. The van der Waals surface area contributed by atoms with E-state index < -0.39 is 5.82 Å². The van der Waals surface area contributed by atoms with Gasteiger partial charge < -0.3 is 4.57 Å². The average Bonchev–Trinajstić information content (AvgIpc) is 3.46. The molecule has 170 valence electrons. The van der Waals surface area contributed by atoms with Crippen LogP contribution in [0.3, 0.4) is 0 Å². The Morgan fingerprint density at radius 3 is 2.73 bits per heavy atom. The van der Waals surface area contributed by atoms with E-state index in [4.69, 9.17) is 10.1 Å². The second-order valence-corrected chi connectivity index (χ2v) is 8.93. The molecule has 0 radical (unpaired) electrons. The highest BCUT2D eigenvalue weighted by molar-refractivity contribution is 5.78. The monoisotopic (exact) mass is 450 g/mol. The summed E-state index contributed by atoms with van der Waals surface area (Å²) < 4.78 is 29.6. The summed E-state index contributed by atoms with van der Waals surface area (Å²) in [6.45, 7) is 1.15. The number of nitriles is 1. The van der Waals surface area contributed by atoms with Crippen LogP contribution in [0.4, 0.5) is 8.78 Å². The van der Waals surface area contributed by atoms with E-state index in [1.165, 1.54) is 29.5 Å². The van der Waals surface area contributed by atoms with Gasteiger partial charge in [0.25, 0.3) is 0 Å². The molecular weight excluding hydrogens is 426 g/mol. The van der Waals surface area contributed by atoms with Crippen molar-refractivity contribution in [1.82, 2.24) is 14.6 Å². The first-order valence-corrected chi connectivity index (χ1v) is 11.3. The zero-order chi connectivity index (χ0) is 22.9. The van der Waals surface area contributed by atoms with Crippen LogP contribution in [0.1, 0.15) is 49.3 Å². The molecule has 0 unspecified atom stereocenters. The number of nitrogens with zero attached hydrogens (tertiary/aromatic N) is 4. The Kier molecular flexibility index (Phi) is 5.81. The van der Waals surface area contributed by atoms with Gasteiger partial charge in [-0.2, -0.15) is 5.26 Å². The number of aromatic nitrogens is 2. The summed E-state index contributed by atoms with van der Waals surface area (Å²) in [5.74, 6) is -0.666. The Balaban J connectivity index is 1.23. The fourth-order valence-corrected chi connectivity index (χ4v) is 5.11. The molecule has 2 fully saturated rings. The molecule has 3 heterocycles. The molecule has 3 aromatic rings. The molecule has 1 atom stereocenters. The van der Waals surface area contributed by atoms with Crippen LogP contribution >= 0.6 is 0 Å². The number of hydrogen-bond donors (Lipinski definition) is 0. The third kappa shape index (κ3) is 4.33. The van der Waals surface area contributed by atoms with Gasteiger partial charge in [0.05, 0.1) is 41.5 Å². The zero-order valence-corrected chi connectivity index (χ0v) is 18.1. The molecule has 6 nitrogen and oxygen atoms in total. The lowest BCUT2D eigenvalue weighted by atomic mass is 9.81. The lowest BCUT2D eigenvalue weighted by Crippen LogP contribution is -2.37. The first-order valence-electron chi connectivity index (χ1n) is 11.3. The van der Waals surface area contributed by atoms with Gasteiger partial charge in [-0.1, -0.05) is 0 Å². The van der Waals surface area contributed by atoms with Crippen molar-refractivity contribution < 1.29 is 18.4 Å². The Morgan fingerprint density at radius 1 is 1.12 bits per heavy atom. The minimum absolute atomic E-state index is 0.0728. The number of benzene rings is 1. The van der Waals surface area contributed by atoms with Gasteiger partial charge in [-0.05, 0) is 61.4 Å². The van der Waals surface area contributed by atoms with E-state index in [-0.39, 0.29) is 29.2 Å². The number of pyridine rings is 1. The van der Waals surface area contributed by atoms with Gasteiger partial charge in [0.1, 0.15) is 11.6 Å². The van der Waals surface area contributed by atoms with Crippen molar-refractivity contribution in [3.63, 3.8) is 0 Å². The zero-order valence-electron chi connectivity index (χ0n) is 18.1. The number of halogens is 2. The van der Waals surface area contributed by atoms with Crippen molar-refractivity contribution in [2.45, 2.75) is 44.7 Å². The van der Waals surface area contributed by atoms with E-state index in [2.05, 4.69) is 4.98 Å². The molecule has 33 heavy (non-hydrogen) atoms. The van der Waals surface area contributed by atoms with Gasteiger partial charge in [-0.3, -0.25) is 14.6 Å². The Morgan fingerprint density at radius 2 is 1.94 bits per heavy atom. The molecule has 0 N–H and O–H groups in total. The number of amides is 1. The average molecular weight is 450 g/mol. The van der Waals surface area contributed by atoms with Crippen LogP contribution in [-0.2, 0) is 16.2 Å². The summed E-state index contributed by atoms with van der Waals surface area (Å²) >= 11 is 0. The van der Waals surface area contributed by atoms with E-state index in [1.807, 2.05) is 22.9 Å². The van der Waals surface area contributed by atoms with Gasteiger partial charge in [-0.25, -0.2) is 13.8 Å². The Labute approximate surface area is 190 Å². The van der Waals surface area contributed by atoms with E-state index >= 15 is 0 Å². The fourth-order valence-electron chi connectivity index (χ4n) is 5.11. The predicted molar refractivity (Wildman–Crippen MR) is 116 cm³/mol. The molecule has 1 amide bonds. The lowest BCUT2D eigenvalue weighted by molar-refractivity contribution is -0.183. The van der Waals surface area contributed by atoms with Crippen LogP contribution < -0.4 is 0 Å². The standard InChI is InChI=1S/C25H24F2N4O2/c26-20-10-17(13-28)9-19(11-20)23-6-8-33-31(23)25(32)18-3-1-16(2-4-18)15-30-7-5-22-24(30)12-21(27)14-29-22/h5,7,9-12,14,16,18,23H,1-4,6,8,15H2/t16?,18?,23-/m0/s1. The Hall–Kier alpha value is -3.31. The third-order valence-corrected chi connectivity index (χ3v) is 6.79. The van der Waals surface area contributed by atoms with Crippen LogP contribution in [0.5, 0.6) is 0 Å². The number of hydrogen-bond acceptors (Lipinski definition) is 4. The highest BCUT2D eigenvalue weighted by Crippen LogP contribution is 2.37. The maximum absolute atomic E-state index is 13.9. The summed E-state index contributed by atoms with van der Waals surface area (Å²) in [5.41, 5.74) is 2.38. The Bertz CT molecular complexity index is 1230. The fraction of sp³-hybridized carbons (Fsp3) is 0.400. The lowest BCUT2D eigenvalue weighted by Gasteiger charge is -2.32. The van der Waals surface area contributed by atoms with Crippen LogP contribution in [0.15, 0.2) is 42.7 Å². The maximum Gasteiger partial charge on any atom is 0.249 e. The van der Waals surface area contributed by atoms with Crippen molar-refractivity contribution >= 4 is 16.9 Å². The molecule has 2 aliphatic rings. The highest BCUT2D eigenvalue weighted by Gasteiger charge is 2.37. The number of rotatable bonds is 4. The van der Waals surface area contributed by atoms with Crippen molar-refractivity contribution in [3.05, 3.63) is 65.5 Å². The second kappa shape index (κ2) is 8.91. The number of carbonyl (C=O) groups excluding carboxylic acids is 1. The molecule has 5 rings (SSSR count). The molecular formula is C25H24F2N4O2. The normalized spacial score (nSPS) is 23.1. The van der Waals surface area contributed by atoms with E-state index in [1.54, 1.807) is 6.07 Å². The molecule has 2 aromatic heterocycles. The molecule has 0 bridgehead atoms. The number of fused-ring (bicyclic) bond motifs is 1. The summed E-state index contributed by atoms with van der Waals surface area (Å²) in [6, 6.07) is 9.16. The minimum Gasteiger partial charge on any atom is -0.346 e. The highest BCUT2D eigenvalue weighted by atomic mass is 19.1. The summed E-state index contributed by atoms with van der Waals surface area (Å²) in [7, 11) is 0. The number of carbonyl (C=O) groups is 1. The van der Waals surface area contributed by atoms with Crippen molar-refractivity contribution in [3.8, 4) is 6.07 Å². The van der Waals surface area contributed by atoms with Crippen LogP contribution in [0.2, 0.25) is 0 Å². The quantitative estimate of drug-likeness (QED) is 0.567. The first kappa shape index (κ1) is 21.5. The molecule has 1 saturated heterocycles. The van der Waals surface area contributed by atoms with Crippen molar-refractivity contribution in [2.75, 3.05) is 6.61 Å². The molecule has 1 aliphatic carbocycles. The summed E-state index contributed by atoms with van der Waals surface area (Å²) in [5, 5.41) is 10.5. The summed E-state index contributed by atoms with van der Waals surface area (Å²) in [6.07, 6.45) is 6.99. The summed E-state index contributed by atoms with van der Waals surface area (Å²) in [4.78, 5) is 23.0. The van der Waals surface area contributed by atoms with Crippen LogP contribution in [0.25, 0.3) is 11.0 Å². The molecule has 0 spiro atoms. The molecule has 1 aliphatic heterocycles. The van der Waals surface area contributed by atoms with Crippen LogP contribution in [0, 0.1) is 34.8 Å². The smallest absolute Gasteiger partial charge is 0.249 e. The van der Waals surface area contributed by atoms with Gasteiger partial charge in [-0.15, -0.1) is 0 Å². The topological polar surface area (TPSA) is 71.2 Å². The van der Waals surface area contributed by atoms with Gasteiger partial charge in [0.2, 0.25) is 5.91 Å². The van der Waals surface area contributed by atoms with Gasteiger partial charge in [0.15, 0.2) is 0 Å². The SMILES string of the molecule is N#Cc1cc(F)cc([C@@H]2CCON2C(=O)C2CCC(Cn3ccc4ncc(F)cc43)CC2)c1. The largest absolute Gasteiger partial charge is 0.346 e. The minimum atomic E-state index is -0.489. The van der Waals surface area contributed by atoms with E-state index in [0.717, 1.165) is 43.3 Å². The number of hydroxylamine groups is 2. The van der Waals surface area contributed by atoms with Crippen LogP contribution in [-0.4, -0.2) is 27.1 Å².